The molecule has 2 N–H and O–H groups in total. The van der Waals surface area contributed by atoms with Crippen LogP contribution in [0.3, 0.4) is 0 Å². The van der Waals surface area contributed by atoms with Gasteiger partial charge in [-0.15, -0.1) is 0 Å². The van der Waals surface area contributed by atoms with Gasteiger partial charge in [0, 0.05) is 31.5 Å². The molecule has 0 spiro atoms. The van der Waals surface area contributed by atoms with Crippen LogP contribution in [0.4, 0.5) is 10.2 Å². The number of aromatic nitrogens is 4. The van der Waals surface area contributed by atoms with E-state index in [-0.39, 0.29) is 11.7 Å². The third-order valence-corrected chi connectivity index (χ3v) is 9.99. The Morgan fingerprint density at radius 1 is 1.19 bits per heavy atom. The summed E-state index contributed by atoms with van der Waals surface area (Å²) in [5, 5.41) is 14.1. The van der Waals surface area contributed by atoms with E-state index in [1.807, 2.05) is 20.8 Å². The number of halogens is 1. The van der Waals surface area contributed by atoms with Crippen LogP contribution < -0.4 is 10.6 Å². The fourth-order valence-electron chi connectivity index (χ4n) is 5.57. The second-order valence-electron chi connectivity index (χ2n) is 12.9. The quantitative estimate of drug-likeness (QED) is 0.143. The molecule has 1 fully saturated rings. The minimum atomic E-state index is -1.21. The van der Waals surface area contributed by atoms with E-state index in [4.69, 9.17) is 9.26 Å². The predicted octanol–water partition coefficient (Wildman–Crippen LogP) is 6.13. The Morgan fingerprint density at radius 2 is 1.91 bits per heavy atom. The highest BCUT2D eigenvalue weighted by molar-refractivity contribution is 6.76. The van der Waals surface area contributed by atoms with Gasteiger partial charge in [0.2, 0.25) is 11.9 Å². The summed E-state index contributed by atoms with van der Waals surface area (Å²) in [5.41, 5.74) is 3.23. The molecule has 1 atom stereocenters. The number of anilines is 1. The molecular weight excluding hydrogens is 567 g/mol. The molecule has 1 aliphatic carbocycles. The van der Waals surface area contributed by atoms with Crippen molar-refractivity contribution in [2.24, 2.45) is 11.8 Å². The van der Waals surface area contributed by atoms with Crippen molar-refractivity contribution >= 4 is 25.7 Å². The van der Waals surface area contributed by atoms with Crippen molar-refractivity contribution in [2.45, 2.75) is 98.3 Å². The Kier molecular flexibility index (Phi) is 10.5. The molecule has 234 valence electrons. The van der Waals surface area contributed by atoms with Crippen LogP contribution in [0.15, 0.2) is 22.9 Å². The minimum Gasteiger partial charge on any atom is -0.364 e. The number of hydrogen-bond acceptors (Lipinski definition) is 7. The zero-order valence-corrected chi connectivity index (χ0v) is 27.4. The van der Waals surface area contributed by atoms with Gasteiger partial charge >= 0.3 is 0 Å². The minimum absolute atomic E-state index is 0.0571. The Morgan fingerprint density at radius 3 is 2.56 bits per heavy atom. The van der Waals surface area contributed by atoms with Crippen molar-refractivity contribution in [3.8, 4) is 11.1 Å². The third-order valence-electron chi connectivity index (χ3n) is 8.29. The number of nitrogens with zero attached hydrogens (tertiary/aromatic N) is 4. The Labute approximate surface area is 254 Å². The van der Waals surface area contributed by atoms with Crippen molar-refractivity contribution < 1.29 is 23.2 Å². The zero-order chi connectivity index (χ0) is 31.3. The molecule has 43 heavy (non-hydrogen) atoms. The molecule has 0 aliphatic heterocycles. The van der Waals surface area contributed by atoms with E-state index in [1.165, 1.54) is 6.26 Å². The van der Waals surface area contributed by atoms with Gasteiger partial charge in [0.05, 0.1) is 11.4 Å². The van der Waals surface area contributed by atoms with Crippen molar-refractivity contribution in [3.05, 3.63) is 47.0 Å². The summed E-state index contributed by atoms with van der Waals surface area (Å²) in [6.07, 6.45) is 5.36. The van der Waals surface area contributed by atoms with Crippen molar-refractivity contribution in [2.75, 3.05) is 11.9 Å². The maximum Gasteiger partial charge on any atom is 0.257 e. The highest BCUT2D eigenvalue weighted by atomic mass is 28.3. The number of pyridine rings is 1. The van der Waals surface area contributed by atoms with Crippen molar-refractivity contribution in [3.63, 3.8) is 0 Å². The van der Waals surface area contributed by atoms with Crippen molar-refractivity contribution in [1.29, 1.82) is 0 Å². The molecule has 3 aromatic heterocycles. The SMILES string of the molecule is CCc1nocc1C(=O)N[C@H](C(=O)Nc1ccc(-c2c(C)nn(COCC[Si](C)(C)C)c2C)c(F)n1)[C@H]1CC[C@H](C)CC1. The maximum atomic E-state index is 15.5. The fourth-order valence-corrected chi connectivity index (χ4v) is 6.33. The molecule has 0 radical (unpaired) electrons. The van der Waals surface area contributed by atoms with Gasteiger partial charge in [-0.2, -0.15) is 9.49 Å². The Balaban J connectivity index is 1.49. The van der Waals surface area contributed by atoms with Gasteiger partial charge in [-0.1, -0.05) is 51.5 Å². The summed E-state index contributed by atoms with van der Waals surface area (Å²) in [4.78, 5) is 30.8. The molecule has 3 heterocycles. The molecule has 0 saturated heterocycles. The van der Waals surface area contributed by atoms with Crippen LogP contribution in [0.5, 0.6) is 0 Å². The van der Waals surface area contributed by atoms with Gasteiger partial charge in [-0.25, -0.2) is 9.67 Å². The summed E-state index contributed by atoms with van der Waals surface area (Å²) < 4.78 is 28.0. The number of hydrogen-bond donors (Lipinski definition) is 2. The molecule has 1 aliphatic rings. The number of aryl methyl sites for hydroxylation is 2. The van der Waals surface area contributed by atoms with Gasteiger partial charge in [0.15, 0.2) is 0 Å². The van der Waals surface area contributed by atoms with Crippen LogP contribution in [0.2, 0.25) is 25.7 Å². The molecule has 1 saturated carbocycles. The molecule has 4 rings (SSSR count). The number of ether oxygens (including phenoxy) is 1. The number of carbonyl (C=O) groups excluding carboxylic acids is 2. The third kappa shape index (κ3) is 8.17. The molecule has 0 aromatic carbocycles. The van der Waals surface area contributed by atoms with E-state index in [9.17, 15) is 9.59 Å². The topological polar surface area (TPSA) is 124 Å². The van der Waals surface area contributed by atoms with Crippen LogP contribution in [0.1, 0.15) is 67.0 Å². The van der Waals surface area contributed by atoms with E-state index in [0.29, 0.717) is 53.8 Å². The average Bonchev–Trinajstić information content (AvgIpc) is 3.54. The highest BCUT2D eigenvalue weighted by Crippen LogP contribution is 2.32. The van der Waals surface area contributed by atoms with Crippen LogP contribution in [-0.4, -0.2) is 52.5 Å². The van der Waals surface area contributed by atoms with E-state index in [2.05, 4.69) is 52.4 Å². The molecule has 0 bridgehead atoms. The molecule has 2 amide bonds. The van der Waals surface area contributed by atoms with E-state index in [0.717, 1.165) is 37.4 Å². The van der Waals surface area contributed by atoms with Gasteiger partial charge in [-0.05, 0) is 63.1 Å². The van der Waals surface area contributed by atoms with E-state index < -0.39 is 31.9 Å². The lowest BCUT2D eigenvalue weighted by Gasteiger charge is -2.32. The first-order valence-corrected chi connectivity index (χ1v) is 18.9. The van der Waals surface area contributed by atoms with Crippen LogP contribution in [0, 0.1) is 31.6 Å². The number of carbonyl (C=O) groups is 2. The first kappa shape index (κ1) is 32.5. The van der Waals surface area contributed by atoms with Gasteiger partial charge in [0.25, 0.3) is 5.91 Å². The molecule has 0 unspecified atom stereocenters. The lowest BCUT2D eigenvalue weighted by molar-refractivity contribution is -0.119. The largest absolute Gasteiger partial charge is 0.364 e. The van der Waals surface area contributed by atoms with Crippen molar-refractivity contribution in [1.82, 2.24) is 25.2 Å². The normalized spacial score (nSPS) is 18.0. The monoisotopic (exact) mass is 612 g/mol. The standard InChI is InChI=1S/C31H45FN6O4Si/c1-8-25-24(17-42-37-25)30(39)35-28(22-11-9-19(2)10-12-22)31(40)34-26-14-13-23(29(32)33-26)27-20(3)36-38(21(27)4)18-41-15-16-43(5,6)7/h13-14,17,19,22,28H,8-12,15-16,18H2,1-7H3,(H,35,39)(H,33,34,40)/t19-,22-,28-/m0/s1. The Hall–Kier alpha value is -3.38. The number of rotatable bonds is 12. The van der Waals surface area contributed by atoms with E-state index >= 15 is 4.39 Å². The summed E-state index contributed by atoms with van der Waals surface area (Å²) >= 11 is 0. The van der Waals surface area contributed by atoms with Crippen LogP contribution in [-0.2, 0) is 22.7 Å². The van der Waals surface area contributed by atoms with Gasteiger partial charge in [0.1, 0.15) is 30.4 Å². The highest BCUT2D eigenvalue weighted by Gasteiger charge is 2.34. The first-order valence-electron chi connectivity index (χ1n) is 15.2. The zero-order valence-electron chi connectivity index (χ0n) is 26.4. The van der Waals surface area contributed by atoms with E-state index in [1.54, 1.807) is 16.8 Å². The lowest BCUT2D eigenvalue weighted by atomic mass is 9.79. The number of amides is 2. The van der Waals surface area contributed by atoms with Crippen LogP contribution in [0.25, 0.3) is 11.1 Å². The molecular formula is C31H45FN6O4Si. The summed E-state index contributed by atoms with van der Waals surface area (Å²) in [6, 6.07) is 3.42. The predicted molar refractivity (Wildman–Crippen MR) is 166 cm³/mol. The molecule has 10 nitrogen and oxygen atoms in total. The Bertz CT molecular complexity index is 1420. The fraction of sp³-hybridized carbons (Fsp3) is 0.581. The molecule has 3 aromatic rings. The summed E-state index contributed by atoms with van der Waals surface area (Å²) in [6.45, 7) is 15.6. The average molecular weight is 613 g/mol. The second kappa shape index (κ2) is 13.9. The summed E-state index contributed by atoms with van der Waals surface area (Å²) in [5.74, 6) is -0.981. The maximum absolute atomic E-state index is 15.5. The second-order valence-corrected chi connectivity index (χ2v) is 18.5. The first-order chi connectivity index (χ1) is 20.4. The number of nitrogens with one attached hydrogen (secondary N) is 2. The molecule has 12 heteroatoms. The van der Waals surface area contributed by atoms with Crippen LogP contribution >= 0.6 is 0 Å². The van der Waals surface area contributed by atoms with Gasteiger partial charge in [-0.3, -0.25) is 9.59 Å². The van der Waals surface area contributed by atoms with Gasteiger partial charge < -0.3 is 19.9 Å². The summed E-state index contributed by atoms with van der Waals surface area (Å²) in [7, 11) is -1.21. The lowest BCUT2D eigenvalue weighted by Crippen LogP contribution is -2.49. The smallest absolute Gasteiger partial charge is 0.257 e.